The number of hydrogen-bond acceptors (Lipinski definition) is 9. The molecule has 31 heavy (non-hydrogen) atoms. The molecule has 0 saturated carbocycles. The number of benzene rings is 2. The largest absolute Gasteiger partial charge is 0.493 e. The Labute approximate surface area is 178 Å². The Morgan fingerprint density at radius 3 is 2.26 bits per heavy atom. The quantitative estimate of drug-likeness (QED) is 0.521. The molecule has 1 aliphatic rings. The van der Waals surface area contributed by atoms with Crippen LogP contribution in [-0.4, -0.2) is 66.7 Å². The van der Waals surface area contributed by atoms with Crippen molar-refractivity contribution in [2.45, 2.75) is 6.61 Å². The average molecular weight is 425 g/mol. The van der Waals surface area contributed by atoms with Gasteiger partial charge in [-0.2, -0.15) is 0 Å². The van der Waals surface area contributed by atoms with E-state index in [1.165, 1.54) is 0 Å². The molecule has 9 nitrogen and oxygen atoms in total. The van der Waals surface area contributed by atoms with E-state index in [1.54, 1.807) is 31.5 Å². The smallest absolute Gasteiger partial charge is 0.339 e. The van der Waals surface area contributed by atoms with Gasteiger partial charge in [0.2, 0.25) is 5.95 Å². The Bertz CT molecular complexity index is 1110. The van der Waals surface area contributed by atoms with Crippen LogP contribution < -0.4 is 14.4 Å². The SMILES string of the molecule is COc1cc2cc3c(c(-c4cnc(N(CCO)CCO)nc4)c2cc1OC)C(=O)OC3. The van der Waals surface area contributed by atoms with E-state index < -0.39 is 5.97 Å². The second-order valence-corrected chi connectivity index (χ2v) is 7.00. The van der Waals surface area contributed by atoms with Crippen molar-refractivity contribution < 1.29 is 29.2 Å². The number of aliphatic hydroxyl groups is 2. The third kappa shape index (κ3) is 3.73. The molecule has 0 amide bonds. The molecule has 2 heterocycles. The van der Waals surface area contributed by atoms with Crippen molar-refractivity contribution >= 4 is 22.7 Å². The molecule has 0 atom stereocenters. The third-order valence-electron chi connectivity index (χ3n) is 5.24. The van der Waals surface area contributed by atoms with E-state index in [4.69, 9.17) is 14.2 Å². The van der Waals surface area contributed by atoms with Gasteiger partial charge in [0.05, 0.1) is 33.0 Å². The molecule has 0 radical (unpaired) electrons. The topological polar surface area (TPSA) is 114 Å². The van der Waals surface area contributed by atoms with E-state index >= 15 is 0 Å². The monoisotopic (exact) mass is 425 g/mol. The van der Waals surface area contributed by atoms with Crippen molar-refractivity contribution in [3.63, 3.8) is 0 Å². The van der Waals surface area contributed by atoms with E-state index in [0.29, 0.717) is 47.2 Å². The van der Waals surface area contributed by atoms with E-state index in [0.717, 1.165) is 16.3 Å². The number of carbonyl (C=O) groups excluding carboxylic acids is 1. The molecule has 9 heteroatoms. The highest BCUT2D eigenvalue weighted by Crippen LogP contribution is 2.42. The van der Waals surface area contributed by atoms with Gasteiger partial charge in [0, 0.05) is 42.2 Å². The number of fused-ring (bicyclic) bond motifs is 2. The number of methoxy groups -OCH3 is 2. The standard InChI is InChI=1S/C22H23N3O6/c1-29-17-8-13-7-14-12-31-21(28)20(14)19(16(13)9-18(17)30-2)15-10-23-22(24-11-15)25(3-5-26)4-6-27/h7-11,26-27H,3-6,12H2,1-2H3. The Hall–Kier alpha value is -3.43. The first-order chi connectivity index (χ1) is 15.1. The van der Waals surface area contributed by atoms with Crippen LogP contribution >= 0.6 is 0 Å². The van der Waals surface area contributed by atoms with Crippen LogP contribution in [0.4, 0.5) is 5.95 Å². The fourth-order valence-electron chi connectivity index (χ4n) is 3.81. The number of ether oxygens (including phenoxy) is 3. The zero-order chi connectivity index (χ0) is 22.0. The second-order valence-electron chi connectivity index (χ2n) is 7.00. The first-order valence-electron chi connectivity index (χ1n) is 9.79. The van der Waals surface area contributed by atoms with Crippen molar-refractivity contribution in [2.24, 2.45) is 0 Å². The van der Waals surface area contributed by atoms with Crippen LogP contribution in [0, 0.1) is 0 Å². The minimum Gasteiger partial charge on any atom is -0.493 e. The third-order valence-corrected chi connectivity index (χ3v) is 5.24. The van der Waals surface area contributed by atoms with Gasteiger partial charge >= 0.3 is 5.97 Å². The lowest BCUT2D eigenvalue weighted by Gasteiger charge is -2.20. The summed E-state index contributed by atoms with van der Waals surface area (Å²) in [5, 5.41) is 20.2. The van der Waals surface area contributed by atoms with Gasteiger partial charge < -0.3 is 29.3 Å². The van der Waals surface area contributed by atoms with E-state index in [9.17, 15) is 15.0 Å². The average Bonchev–Trinajstić information content (AvgIpc) is 3.16. The number of cyclic esters (lactones) is 1. The second kappa shape index (κ2) is 8.75. The summed E-state index contributed by atoms with van der Waals surface area (Å²) in [5.41, 5.74) is 2.58. The summed E-state index contributed by atoms with van der Waals surface area (Å²) >= 11 is 0. The molecule has 3 aromatic rings. The molecule has 1 aromatic heterocycles. The molecular formula is C22H23N3O6. The van der Waals surface area contributed by atoms with Crippen molar-refractivity contribution in [1.82, 2.24) is 9.97 Å². The van der Waals surface area contributed by atoms with Gasteiger partial charge in [-0.15, -0.1) is 0 Å². The predicted octanol–water partition coefficient (Wildman–Crippen LogP) is 1.78. The fourth-order valence-corrected chi connectivity index (χ4v) is 3.81. The highest BCUT2D eigenvalue weighted by atomic mass is 16.5. The minimum atomic E-state index is -0.395. The lowest BCUT2D eigenvalue weighted by Crippen LogP contribution is -2.31. The van der Waals surface area contributed by atoms with E-state index in [1.807, 2.05) is 18.2 Å². The van der Waals surface area contributed by atoms with Gasteiger partial charge in [-0.05, 0) is 29.0 Å². The Balaban J connectivity index is 1.90. The first kappa shape index (κ1) is 20.8. The number of esters is 1. The maximum Gasteiger partial charge on any atom is 0.339 e. The van der Waals surface area contributed by atoms with Crippen molar-refractivity contribution in [3.8, 4) is 22.6 Å². The normalized spacial score (nSPS) is 12.6. The van der Waals surface area contributed by atoms with Gasteiger partial charge in [0.25, 0.3) is 0 Å². The van der Waals surface area contributed by atoms with Gasteiger partial charge in [-0.1, -0.05) is 0 Å². The summed E-state index contributed by atoms with van der Waals surface area (Å²) in [6.07, 6.45) is 3.25. The number of aromatic nitrogens is 2. The van der Waals surface area contributed by atoms with Gasteiger partial charge in [-0.25, -0.2) is 14.8 Å². The van der Waals surface area contributed by atoms with Crippen LogP contribution in [0.5, 0.6) is 11.5 Å². The highest BCUT2D eigenvalue weighted by Gasteiger charge is 2.28. The molecule has 2 aromatic carbocycles. The summed E-state index contributed by atoms with van der Waals surface area (Å²) < 4.78 is 16.2. The van der Waals surface area contributed by atoms with Gasteiger partial charge in [0.1, 0.15) is 6.61 Å². The summed E-state index contributed by atoms with van der Waals surface area (Å²) in [5.74, 6) is 1.11. The number of hydrogen-bond donors (Lipinski definition) is 2. The van der Waals surface area contributed by atoms with Crippen LogP contribution in [0.25, 0.3) is 21.9 Å². The molecule has 1 aliphatic heterocycles. The predicted molar refractivity (Wildman–Crippen MR) is 114 cm³/mol. The molecule has 162 valence electrons. The Kier molecular flexibility index (Phi) is 5.88. The van der Waals surface area contributed by atoms with E-state index in [-0.39, 0.29) is 19.8 Å². The van der Waals surface area contributed by atoms with Crippen molar-refractivity contribution in [1.29, 1.82) is 0 Å². The molecule has 4 rings (SSSR count). The van der Waals surface area contributed by atoms with Gasteiger partial charge in [-0.3, -0.25) is 0 Å². The zero-order valence-electron chi connectivity index (χ0n) is 17.3. The molecule has 0 saturated heterocycles. The van der Waals surface area contributed by atoms with Crippen LogP contribution in [0.3, 0.4) is 0 Å². The van der Waals surface area contributed by atoms with Crippen LogP contribution in [0.2, 0.25) is 0 Å². The summed E-state index contributed by atoms with van der Waals surface area (Å²) in [4.78, 5) is 23.0. The fraction of sp³-hybridized carbons (Fsp3) is 0.318. The van der Waals surface area contributed by atoms with Crippen LogP contribution in [0.1, 0.15) is 15.9 Å². The summed E-state index contributed by atoms with van der Waals surface area (Å²) in [7, 11) is 3.13. The maximum atomic E-state index is 12.5. The molecule has 0 spiro atoms. The lowest BCUT2D eigenvalue weighted by molar-refractivity contribution is 0.0535. The molecular weight excluding hydrogens is 402 g/mol. The number of anilines is 1. The van der Waals surface area contributed by atoms with Crippen LogP contribution in [-0.2, 0) is 11.3 Å². The lowest BCUT2D eigenvalue weighted by atomic mass is 9.91. The minimum absolute atomic E-state index is 0.0879. The van der Waals surface area contributed by atoms with Crippen LogP contribution in [0.15, 0.2) is 30.6 Å². The molecule has 2 N–H and O–H groups in total. The van der Waals surface area contributed by atoms with E-state index in [2.05, 4.69) is 9.97 Å². The summed E-state index contributed by atoms with van der Waals surface area (Å²) in [6, 6.07) is 5.60. The molecule has 0 bridgehead atoms. The Morgan fingerprint density at radius 1 is 1.00 bits per heavy atom. The number of aliphatic hydroxyl groups excluding tert-OH is 2. The number of rotatable bonds is 8. The van der Waals surface area contributed by atoms with Gasteiger partial charge in [0.15, 0.2) is 11.5 Å². The maximum absolute atomic E-state index is 12.5. The Morgan fingerprint density at radius 2 is 1.65 bits per heavy atom. The first-order valence-corrected chi connectivity index (χ1v) is 9.79. The molecule has 0 fully saturated rings. The zero-order valence-corrected chi connectivity index (χ0v) is 17.3. The highest BCUT2D eigenvalue weighted by molar-refractivity contribution is 6.11. The number of carbonyl (C=O) groups is 1. The summed E-state index contributed by atoms with van der Waals surface area (Å²) in [6.45, 7) is 0.621. The van der Waals surface area contributed by atoms with Crippen molar-refractivity contribution in [2.75, 3.05) is 45.4 Å². The molecule has 0 unspecified atom stereocenters. The van der Waals surface area contributed by atoms with Crippen molar-refractivity contribution in [3.05, 3.63) is 41.7 Å². The molecule has 0 aliphatic carbocycles. The number of nitrogens with zero attached hydrogens (tertiary/aromatic N) is 3.